The molecule has 2 bridgehead atoms. The van der Waals surface area contributed by atoms with Crippen molar-refractivity contribution in [2.24, 2.45) is 17.3 Å². The second-order valence-electron chi connectivity index (χ2n) is 7.73. The molecule has 2 amide bonds. The van der Waals surface area contributed by atoms with E-state index in [4.69, 9.17) is 4.74 Å². The van der Waals surface area contributed by atoms with E-state index in [2.05, 4.69) is 13.8 Å². The smallest absolute Gasteiger partial charge is 0.417 e. The molecular weight excluding hydrogens is 270 g/mol. The highest BCUT2D eigenvalue weighted by atomic mass is 16.6. The van der Waals surface area contributed by atoms with E-state index in [1.165, 1.54) is 4.90 Å². The molecule has 5 nitrogen and oxygen atoms in total. The zero-order valence-corrected chi connectivity index (χ0v) is 13.3. The van der Waals surface area contributed by atoms with E-state index in [1.54, 1.807) is 0 Å². The highest BCUT2D eigenvalue weighted by Gasteiger charge is 2.73. The summed E-state index contributed by atoms with van der Waals surface area (Å²) in [5.74, 6) is 0.203. The first-order valence-corrected chi connectivity index (χ1v) is 7.93. The van der Waals surface area contributed by atoms with Crippen LogP contribution in [0.4, 0.5) is 4.79 Å². The fourth-order valence-corrected chi connectivity index (χ4v) is 4.73. The molecule has 4 atom stereocenters. The first-order valence-electron chi connectivity index (χ1n) is 7.93. The lowest BCUT2D eigenvalue weighted by Gasteiger charge is -2.41. The van der Waals surface area contributed by atoms with Crippen LogP contribution in [0, 0.1) is 17.3 Å². The van der Waals surface area contributed by atoms with Crippen molar-refractivity contribution in [2.45, 2.75) is 71.1 Å². The molecule has 2 saturated carbocycles. The van der Waals surface area contributed by atoms with Gasteiger partial charge in [-0.2, -0.15) is 0 Å². The molecule has 0 radical (unpaired) electrons. The highest BCUT2D eigenvalue weighted by Crippen LogP contribution is 2.65. The van der Waals surface area contributed by atoms with Crippen LogP contribution in [0.25, 0.3) is 0 Å². The third-order valence-electron chi connectivity index (χ3n) is 6.27. The molecule has 21 heavy (non-hydrogen) atoms. The summed E-state index contributed by atoms with van der Waals surface area (Å²) < 4.78 is 5.51. The van der Waals surface area contributed by atoms with Gasteiger partial charge in [-0.3, -0.25) is 4.79 Å². The molecule has 3 fully saturated rings. The zero-order valence-electron chi connectivity index (χ0n) is 13.3. The maximum Gasteiger partial charge on any atom is 0.417 e. The van der Waals surface area contributed by atoms with Crippen LogP contribution in [-0.4, -0.2) is 39.8 Å². The number of aliphatic hydroxyl groups excluding tert-OH is 1. The van der Waals surface area contributed by atoms with Crippen LogP contribution in [0.1, 0.15) is 53.4 Å². The first kappa shape index (κ1) is 14.8. The molecule has 3 aliphatic rings. The van der Waals surface area contributed by atoms with Gasteiger partial charge in [0.05, 0.1) is 18.1 Å². The second-order valence-corrected chi connectivity index (χ2v) is 7.73. The molecule has 5 heteroatoms. The third kappa shape index (κ3) is 1.73. The third-order valence-corrected chi connectivity index (χ3v) is 6.27. The van der Waals surface area contributed by atoms with Crippen molar-refractivity contribution in [3.8, 4) is 0 Å². The number of carbonyl (C=O) groups excluding carboxylic acids is 2. The predicted molar refractivity (Wildman–Crippen MR) is 76.4 cm³/mol. The van der Waals surface area contributed by atoms with Crippen molar-refractivity contribution in [3.63, 3.8) is 0 Å². The molecule has 118 valence electrons. The molecule has 1 heterocycles. The van der Waals surface area contributed by atoms with E-state index in [1.807, 2.05) is 13.8 Å². The molecule has 0 aromatic heterocycles. The van der Waals surface area contributed by atoms with Crippen LogP contribution in [0.3, 0.4) is 0 Å². The van der Waals surface area contributed by atoms with Gasteiger partial charge < -0.3 is 9.84 Å². The van der Waals surface area contributed by atoms with Gasteiger partial charge in [0, 0.05) is 0 Å². The van der Waals surface area contributed by atoms with Gasteiger partial charge >= 0.3 is 6.09 Å². The summed E-state index contributed by atoms with van der Waals surface area (Å²) in [7, 11) is 0. The van der Waals surface area contributed by atoms with E-state index in [0.717, 1.165) is 19.3 Å². The SMILES string of the molecule is CC(C)[C@H](O)CC(=O)N1C(=O)O[C@@H]2C[C@H]3CC[C@]21C3(C)C. The molecule has 0 unspecified atom stereocenters. The molecular formula is C16H25NO4. The number of hydrogen-bond acceptors (Lipinski definition) is 4. The zero-order chi connectivity index (χ0) is 15.6. The number of nitrogens with zero attached hydrogens (tertiary/aromatic N) is 1. The van der Waals surface area contributed by atoms with Gasteiger partial charge in [-0.1, -0.05) is 27.7 Å². The number of amides is 2. The van der Waals surface area contributed by atoms with Crippen molar-refractivity contribution in [1.82, 2.24) is 4.90 Å². The summed E-state index contributed by atoms with van der Waals surface area (Å²) in [5.41, 5.74) is -0.606. The number of fused-ring (bicyclic) bond motifs is 1. The van der Waals surface area contributed by atoms with E-state index in [9.17, 15) is 14.7 Å². The number of aliphatic hydroxyl groups is 1. The number of imide groups is 1. The van der Waals surface area contributed by atoms with E-state index in [-0.39, 0.29) is 29.8 Å². The number of carbonyl (C=O) groups is 2. The van der Waals surface area contributed by atoms with Crippen molar-refractivity contribution in [2.75, 3.05) is 0 Å². The number of hydrogen-bond donors (Lipinski definition) is 1. The summed E-state index contributed by atoms with van der Waals surface area (Å²) in [4.78, 5) is 26.3. The molecule has 1 N–H and O–H groups in total. The average molecular weight is 295 g/mol. The Balaban J connectivity index is 1.91. The maximum atomic E-state index is 12.6. The fraction of sp³-hybridized carbons (Fsp3) is 0.875. The topological polar surface area (TPSA) is 66.8 Å². The summed E-state index contributed by atoms with van der Waals surface area (Å²) >= 11 is 0. The van der Waals surface area contributed by atoms with E-state index in [0.29, 0.717) is 5.92 Å². The molecule has 2 aliphatic carbocycles. The Morgan fingerprint density at radius 3 is 2.71 bits per heavy atom. The minimum absolute atomic E-state index is 0.00575. The van der Waals surface area contributed by atoms with Crippen LogP contribution < -0.4 is 0 Å². The lowest BCUT2D eigenvalue weighted by atomic mass is 9.74. The Kier molecular flexibility index (Phi) is 3.14. The standard InChI is InChI=1S/C16H25NO4/c1-9(2)11(18)8-13(19)17-14(20)21-12-7-10-5-6-16(12,17)15(10,3)4/h9-12,18H,5-8H2,1-4H3/t10-,11-,12-,16-/m1/s1. The molecule has 1 aliphatic heterocycles. The van der Waals surface area contributed by atoms with Crippen LogP contribution in [0.5, 0.6) is 0 Å². The molecule has 1 spiro atoms. The summed E-state index contributed by atoms with van der Waals surface area (Å²) in [6, 6.07) is 0. The first-order chi connectivity index (χ1) is 9.71. The van der Waals surface area contributed by atoms with Crippen LogP contribution in [0.2, 0.25) is 0 Å². The van der Waals surface area contributed by atoms with E-state index < -0.39 is 17.7 Å². The maximum absolute atomic E-state index is 12.6. The summed E-state index contributed by atoms with van der Waals surface area (Å²) in [6.45, 7) is 8.02. The van der Waals surface area contributed by atoms with Crippen LogP contribution >= 0.6 is 0 Å². The molecule has 3 rings (SSSR count). The monoisotopic (exact) mass is 295 g/mol. The lowest BCUT2D eigenvalue weighted by Crippen LogP contribution is -2.57. The number of ether oxygens (including phenoxy) is 1. The Morgan fingerprint density at radius 1 is 1.48 bits per heavy atom. The summed E-state index contributed by atoms with van der Waals surface area (Å²) in [5, 5.41) is 9.98. The Bertz CT molecular complexity index is 487. The average Bonchev–Trinajstić information content (AvgIpc) is 2.89. The van der Waals surface area contributed by atoms with Gasteiger partial charge in [0.1, 0.15) is 6.10 Å². The van der Waals surface area contributed by atoms with Gasteiger partial charge in [0.15, 0.2) is 0 Å². The highest BCUT2D eigenvalue weighted by molar-refractivity contribution is 5.95. The Labute approximate surface area is 125 Å². The summed E-state index contributed by atoms with van der Waals surface area (Å²) in [6.07, 6.45) is 1.30. The quantitative estimate of drug-likeness (QED) is 0.867. The number of rotatable bonds is 3. The second kappa shape index (κ2) is 4.45. The van der Waals surface area contributed by atoms with Crippen molar-refractivity contribution < 1.29 is 19.4 Å². The molecule has 0 aromatic carbocycles. The normalized spacial score (nSPS) is 37.8. The van der Waals surface area contributed by atoms with Crippen molar-refractivity contribution >= 4 is 12.0 Å². The van der Waals surface area contributed by atoms with Crippen LogP contribution in [0.15, 0.2) is 0 Å². The van der Waals surface area contributed by atoms with Gasteiger partial charge in [-0.15, -0.1) is 0 Å². The largest absolute Gasteiger partial charge is 0.443 e. The predicted octanol–water partition coefficient (Wildman–Crippen LogP) is 2.32. The van der Waals surface area contributed by atoms with Crippen LogP contribution in [-0.2, 0) is 9.53 Å². The fourth-order valence-electron chi connectivity index (χ4n) is 4.73. The minimum atomic E-state index is -0.720. The van der Waals surface area contributed by atoms with E-state index >= 15 is 0 Å². The molecule has 0 aromatic rings. The van der Waals surface area contributed by atoms with Gasteiger partial charge in [-0.25, -0.2) is 9.69 Å². The van der Waals surface area contributed by atoms with Gasteiger partial charge in [0.2, 0.25) is 5.91 Å². The molecule has 1 saturated heterocycles. The Morgan fingerprint density at radius 2 is 2.14 bits per heavy atom. The minimum Gasteiger partial charge on any atom is -0.443 e. The Hall–Kier alpha value is -1.10. The van der Waals surface area contributed by atoms with Crippen molar-refractivity contribution in [1.29, 1.82) is 0 Å². The van der Waals surface area contributed by atoms with Crippen molar-refractivity contribution in [3.05, 3.63) is 0 Å². The van der Waals surface area contributed by atoms with Gasteiger partial charge in [0.25, 0.3) is 0 Å². The van der Waals surface area contributed by atoms with Gasteiger partial charge in [-0.05, 0) is 36.5 Å². The lowest BCUT2D eigenvalue weighted by molar-refractivity contribution is -0.137.